The summed E-state index contributed by atoms with van der Waals surface area (Å²) in [7, 11) is 0. The lowest BCUT2D eigenvalue weighted by Crippen LogP contribution is -2.27. The minimum absolute atomic E-state index is 0.146. The maximum absolute atomic E-state index is 5.79. The van der Waals surface area contributed by atoms with Crippen molar-refractivity contribution in [2.45, 2.75) is 6.04 Å². The molecule has 6 heteroatoms. The topological polar surface area (TPSA) is 102 Å². The molecule has 3 rings (SSSR count). The normalized spacial score (nSPS) is 17.4. The summed E-state index contributed by atoms with van der Waals surface area (Å²) in [5, 5.41) is 6.56. The van der Waals surface area contributed by atoms with E-state index in [1.807, 2.05) is 18.2 Å². The number of nitrogens with zero attached hydrogens (tertiary/aromatic N) is 2. The Morgan fingerprint density at radius 3 is 2.67 bits per heavy atom. The fraction of sp³-hybridized carbons (Fsp3) is 0.167. The van der Waals surface area contributed by atoms with Crippen molar-refractivity contribution < 1.29 is 0 Å². The number of rotatable bonds is 1. The maximum Gasteiger partial charge on any atom is 0.224 e. The number of hydrogen-bond donors (Lipinski definition) is 4. The Morgan fingerprint density at radius 2 is 1.89 bits per heavy atom. The van der Waals surface area contributed by atoms with E-state index in [0.717, 1.165) is 12.2 Å². The molecule has 0 saturated heterocycles. The molecule has 1 unspecified atom stereocenters. The van der Waals surface area contributed by atoms with Crippen LogP contribution in [0.15, 0.2) is 30.3 Å². The van der Waals surface area contributed by atoms with Gasteiger partial charge in [0.15, 0.2) is 11.6 Å². The van der Waals surface area contributed by atoms with Crippen LogP contribution in [0.5, 0.6) is 0 Å². The summed E-state index contributed by atoms with van der Waals surface area (Å²) in [5.41, 5.74) is 13.3. The Labute approximate surface area is 104 Å². The van der Waals surface area contributed by atoms with Crippen molar-refractivity contribution in [1.82, 2.24) is 9.97 Å². The standard InChI is InChI=1S/C12H14N6/c13-10-9-11(18-12(14)17-10)16-8(6-15-9)7-4-2-1-3-5-7/h1-5,8,15H,6H2,(H5,13,14,16,17,18). The highest BCUT2D eigenvalue weighted by Crippen LogP contribution is 2.33. The highest BCUT2D eigenvalue weighted by atomic mass is 15.2. The monoisotopic (exact) mass is 242 g/mol. The Bertz CT molecular complexity index is 568. The first kappa shape index (κ1) is 10.6. The average Bonchev–Trinajstić information content (AvgIpc) is 2.39. The summed E-state index contributed by atoms with van der Waals surface area (Å²) in [5.74, 6) is 1.20. The van der Waals surface area contributed by atoms with Crippen molar-refractivity contribution in [2.75, 3.05) is 28.6 Å². The highest BCUT2D eigenvalue weighted by molar-refractivity contribution is 5.78. The van der Waals surface area contributed by atoms with Crippen molar-refractivity contribution in [1.29, 1.82) is 0 Å². The third-order valence-electron chi connectivity index (χ3n) is 2.95. The van der Waals surface area contributed by atoms with E-state index in [-0.39, 0.29) is 12.0 Å². The Hall–Kier alpha value is -2.50. The Kier molecular flexibility index (Phi) is 2.40. The molecule has 0 saturated carbocycles. The Morgan fingerprint density at radius 1 is 1.11 bits per heavy atom. The summed E-state index contributed by atoms with van der Waals surface area (Å²) in [6.45, 7) is 0.731. The lowest BCUT2D eigenvalue weighted by molar-refractivity contribution is 0.793. The van der Waals surface area contributed by atoms with Crippen molar-refractivity contribution in [3.63, 3.8) is 0 Å². The van der Waals surface area contributed by atoms with Gasteiger partial charge in [-0.05, 0) is 5.56 Å². The molecule has 1 atom stereocenters. The molecule has 18 heavy (non-hydrogen) atoms. The first-order chi connectivity index (χ1) is 8.74. The zero-order chi connectivity index (χ0) is 12.5. The summed E-state index contributed by atoms with van der Waals surface area (Å²) in [6.07, 6.45) is 0. The highest BCUT2D eigenvalue weighted by Gasteiger charge is 2.22. The van der Waals surface area contributed by atoms with E-state index in [0.29, 0.717) is 11.6 Å². The largest absolute Gasteiger partial charge is 0.382 e. The smallest absolute Gasteiger partial charge is 0.224 e. The van der Waals surface area contributed by atoms with Crippen molar-refractivity contribution in [3.8, 4) is 0 Å². The molecule has 2 aromatic rings. The van der Waals surface area contributed by atoms with E-state index >= 15 is 0 Å². The van der Waals surface area contributed by atoms with Gasteiger partial charge in [0.25, 0.3) is 0 Å². The minimum Gasteiger partial charge on any atom is -0.382 e. The molecule has 92 valence electrons. The van der Waals surface area contributed by atoms with Gasteiger partial charge in [-0.2, -0.15) is 9.97 Å². The second-order valence-corrected chi connectivity index (χ2v) is 4.18. The molecule has 2 heterocycles. The van der Waals surface area contributed by atoms with Gasteiger partial charge in [0.05, 0.1) is 6.04 Å². The van der Waals surface area contributed by atoms with Crippen LogP contribution >= 0.6 is 0 Å². The van der Waals surface area contributed by atoms with Gasteiger partial charge in [0.2, 0.25) is 5.95 Å². The molecule has 0 fully saturated rings. The zero-order valence-corrected chi connectivity index (χ0v) is 9.72. The van der Waals surface area contributed by atoms with Crippen LogP contribution in [0.2, 0.25) is 0 Å². The van der Waals surface area contributed by atoms with Gasteiger partial charge in [0.1, 0.15) is 5.69 Å². The van der Waals surface area contributed by atoms with Crippen LogP contribution < -0.4 is 22.1 Å². The first-order valence-corrected chi connectivity index (χ1v) is 5.72. The van der Waals surface area contributed by atoms with Crippen molar-refractivity contribution in [2.24, 2.45) is 0 Å². The van der Waals surface area contributed by atoms with Crippen LogP contribution in [-0.4, -0.2) is 16.5 Å². The second-order valence-electron chi connectivity index (χ2n) is 4.18. The number of benzene rings is 1. The summed E-state index contributed by atoms with van der Waals surface area (Å²) >= 11 is 0. The quantitative estimate of drug-likeness (QED) is 0.599. The molecule has 0 amide bonds. The number of nitrogens with one attached hydrogen (secondary N) is 2. The van der Waals surface area contributed by atoms with Gasteiger partial charge in [-0.15, -0.1) is 0 Å². The SMILES string of the molecule is Nc1nc(N)c2c(n1)NC(c1ccccc1)CN2. The van der Waals surface area contributed by atoms with Gasteiger partial charge in [-0.25, -0.2) is 0 Å². The molecule has 1 aromatic heterocycles. The fourth-order valence-electron chi connectivity index (χ4n) is 2.08. The van der Waals surface area contributed by atoms with E-state index in [9.17, 15) is 0 Å². The van der Waals surface area contributed by atoms with Gasteiger partial charge in [-0.3, -0.25) is 0 Å². The molecule has 6 N–H and O–H groups in total. The average molecular weight is 242 g/mol. The molecule has 0 radical (unpaired) electrons. The predicted octanol–water partition coefficient (Wildman–Crippen LogP) is 1.22. The van der Waals surface area contributed by atoms with Crippen molar-refractivity contribution in [3.05, 3.63) is 35.9 Å². The maximum atomic E-state index is 5.79. The van der Waals surface area contributed by atoms with E-state index in [1.165, 1.54) is 5.56 Å². The van der Waals surface area contributed by atoms with E-state index < -0.39 is 0 Å². The number of aromatic nitrogens is 2. The van der Waals surface area contributed by atoms with Gasteiger partial charge in [-0.1, -0.05) is 30.3 Å². The van der Waals surface area contributed by atoms with Crippen LogP contribution in [0.25, 0.3) is 0 Å². The molecule has 0 spiro atoms. The molecule has 0 aliphatic carbocycles. The molecule has 1 aliphatic rings. The zero-order valence-electron chi connectivity index (χ0n) is 9.72. The van der Waals surface area contributed by atoms with E-state index in [2.05, 4.69) is 32.7 Å². The molecular weight excluding hydrogens is 228 g/mol. The molecular formula is C12H14N6. The van der Waals surface area contributed by atoms with Crippen LogP contribution in [0, 0.1) is 0 Å². The minimum atomic E-state index is 0.146. The number of nitrogens with two attached hydrogens (primary N) is 2. The van der Waals surface area contributed by atoms with E-state index in [1.54, 1.807) is 0 Å². The fourth-order valence-corrected chi connectivity index (χ4v) is 2.08. The second kappa shape index (κ2) is 4.06. The summed E-state index contributed by atoms with van der Waals surface area (Å²) in [4.78, 5) is 8.09. The third kappa shape index (κ3) is 1.77. The van der Waals surface area contributed by atoms with E-state index in [4.69, 9.17) is 11.5 Å². The predicted molar refractivity (Wildman–Crippen MR) is 72.2 cm³/mol. The lowest BCUT2D eigenvalue weighted by atomic mass is 10.1. The van der Waals surface area contributed by atoms with Crippen LogP contribution in [0.3, 0.4) is 0 Å². The molecule has 6 nitrogen and oxygen atoms in total. The number of fused-ring (bicyclic) bond motifs is 1. The summed E-state index contributed by atoms with van der Waals surface area (Å²) < 4.78 is 0. The lowest BCUT2D eigenvalue weighted by Gasteiger charge is -2.28. The van der Waals surface area contributed by atoms with Gasteiger partial charge in [0, 0.05) is 6.54 Å². The van der Waals surface area contributed by atoms with Crippen LogP contribution in [0.1, 0.15) is 11.6 Å². The summed E-state index contributed by atoms with van der Waals surface area (Å²) in [6, 6.07) is 10.3. The number of nitrogen functional groups attached to an aromatic ring is 2. The Balaban J connectivity index is 1.94. The molecule has 1 aromatic carbocycles. The number of anilines is 4. The number of hydrogen-bond acceptors (Lipinski definition) is 6. The van der Waals surface area contributed by atoms with Gasteiger partial charge >= 0.3 is 0 Å². The van der Waals surface area contributed by atoms with Crippen LogP contribution in [0.4, 0.5) is 23.3 Å². The molecule has 1 aliphatic heterocycles. The van der Waals surface area contributed by atoms with Gasteiger partial charge < -0.3 is 22.1 Å². The van der Waals surface area contributed by atoms with Crippen LogP contribution in [-0.2, 0) is 0 Å². The van der Waals surface area contributed by atoms with Crippen molar-refractivity contribution >= 4 is 23.3 Å². The third-order valence-corrected chi connectivity index (χ3v) is 2.95. The first-order valence-electron chi connectivity index (χ1n) is 5.72. The molecule has 0 bridgehead atoms.